The molecule has 0 saturated heterocycles. The van der Waals surface area contributed by atoms with Gasteiger partial charge < -0.3 is 9.74 Å². The molecule has 0 radical (unpaired) electrons. The number of hydrogen-bond acceptors (Lipinski definition) is 3. The highest BCUT2D eigenvalue weighted by molar-refractivity contribution is 6.01. The van der Waals surface area contributed by atoms with Crippen LogP contribution >= 0.6 is 0 Å². The molecule has 4 aromatic carbocycles. The van der Waals surface area contributed by atoms with Crippen LogP contribution in [0.2, 0.25) is 0 Å². The molecule has 1 unspecified atom stereocenters. The van der Waals surface area contributed by atoms with Crippen molar-refractivity contribution in [1.29, 1.82) is 0 Å². The van der Waals surface area contributed by atoms with Crippen molar-refractivity contribution >= 4 is 11.6 Å². The second kappa shape index (κ2) is 11.2. The number of hydrogen-bond donors (Lipinski definition) is 0. The van der Waals surface area contributed by atoms with Crippen LogP contribution < -0.4 is 0 Å². The van der Waals surface area contributed by atoms with Crippen molar-refractivity contribution in [2.45, 2.75) is 25.0 Å². The van der Waals surface area contributed by atoms with E-state index in [0.717, 1.165) is 28.5 Å². The van der Waals surface area contributed by atoms with Crippen molar-refractivity contribution in [2.75, 3.05) is 6.54 Å². The first kappa shape index (κ1) is 24.4. The third kappa shape index (κ3) is 5.75. The van der Waals surface area contributed by atoms with E-state index in [1.807, 2.05) is 91.0 Å². The van der Waals surface area contributed by atoms with Gasteiger partial charge in [-0.05, 0) is 22.8 Å². The van der Waals surface area contributed by atoms with Crippen molar-refractivity contribution in [2.24, 2.45) is 5.16 Å². The molecular formula is C31H26F2N2O2. The first-order chi connectivity index (χ1) is 18.1. The highest BCUT2D eigenvalue weighted by Gasteiger charge is 2.32. The summed E-state index contributed by atoms with van der Waals surface area (Å²) in [5.74, 6) is -2.15. The van der Waals surface area contributed by atoms with Gasteiger partial charge in [0.15, 0.2) is 6.10 Å². The van der Waals surface area contributed by atoms with Crippen LogP contribution in [-0.2, 0) is 16.2 Å². The Morgan fingerprint density at radius 3 is 2.05 bits per heavy atom. The van der Waals surface area contributed by atoms with Gasteiger partial charge >= 0.3 is 0 Å². The number of carbonyl (C=O) groups excluding carboxylic acids is 1. The lowest BCUT2D eigenvalue weighted by Gasteiger charge is -2.30. The fourth-order valence-electron chi connectivity index (χ4n) is 4.61. The average Bonchev–Trinajstić information content (AvgIpc) is 3.40. The van der Waals surface area contributed by atoms with E-state index in [1.165, 1.54) is 12.1 Å². The molecule has 0 saturated carbocycles. The van der Waals surface area contributed by atoms with Gasteiger partial charge in [0.1, 0.15) is 11.6 Å². The molecule has 1 aliphatic heterocycles. The topological polar surface area (TPSA) is 41.9 Å². The molecule has 186 valence electrons. The Hall–Kier alpha value is -4.32. The summed E-state index contributed by atoms with van der Waals surface area (Å²) in [5, 5.41) is 4.25. The average molecular weight is 497 g/mol. The van der Waals surface area contributed by atoms with Crippen LogP contribution in [-0.4, -0.2) is 29.2 Å². The minimum Gasteiger partial charge on any atom is -0.390 e. The van der Waals surface area contributed by atoms with Gasteiger partial charge in [-0.25, -0.2) is 8.78 Å². The van der Waals surface area contributed by atoms with Crippen molar-refractivity contribution in [3.63, 3.8) is 0 Å². The zero-order valence-electron chi connectivity index (χ0n) is 20.1. The molecule has 0 bridgehead atoms. The molecule has 4 nitrogen and oxygen atoms in total. The van der Waals surface area contributed by atoms with Gasteiger partial charge in [0.2, 0.25) is 5.91 Å². The maximum atomic E-state index is 14.7. The number of nitrogens with zero attached hydrogens (tertiary/aromatic N) is 2. The van der Waals surface area contributed by atoms with E-state index >= 15 is 0 Å². The maximum absolute atomic E-state index is 14.7. The SMILES string of the molecule is O=C(C(c1ccccc1)c1ccccc1)N(Cc1ccc(F)cc1F)CC1CC(c2ccccc2)=NO1. The quantitative estimate of drug-likeness (QED) is 0.287. The summed E-state index contributed by atoms with van der Waals surface area (Å²) >= 11 is 0. The van der Waals surface area contributed by atoms with E-state index in [0.29, 0.717) is 6.42 Å². The highest BCUT2D eigenvalue weighted by atomic mass is 19.1. The predicted octanol–water partition coefficient (Wildman–Crippen LogP) is 6.32. The number of rotatable bonds is 8. The second-order valence-corrected chi connectivity index (χ2v) is 9.04. The zero-order valence-corrected chi connectivity index (χ0v) is 20.1. The second-order valence-electron chi connectivity index (χ2n) is 9.04. The van der Waals surface area contributed by atoms with Crippen LogP contribution in [0.1, 0.15) is 34.6 Å². The molecule has 0 aromatic heterocycles. The molecule has 0 N–H and O–H groups in total. The zero-order chi connectivity index (χ0) is 25.6. The van der Waals surface area contributed by atoms with Crippen molar-refractivity contribution in [3.05, 3.63) is 143 Å². The molecule has 5 rings (SSSR count). The minimum atomic E-state index is -0.692. The van der Waals surface area contributed by atoms with Crippen molar-refractivity contribution < 1.29 is 18.4 Å². The van der Waals surface area contributed by atoms with E-state index in [2.05, 4.69) is 5.16 Å². The summed E-state index contributed by atoms with van der Waals surface area (Å²) in [6, 6.07) is 32.2. The standard InChI is InChI=1S/C31H26F2N2O2/c32-26-17-16-25(28(33)18-26)20-35(21-27-19-29(34-37-27)22-10-4-1-5-11-22)31(36)30(23-12-6-2-7-13-23)24-14-8-3-9-15-24/h1-18,27,30H,19-21H2. The van der Waals surface area contributed by atoms with Crippen LogP contribution in [0.4, 0.5) is 8.78 Å². The fraction of sp³-hybridized carbons (Fsp3) is 0.161. The number of oxime groups is 1. The fourth-order valence-corrected chi connectivity index (χ4v) is 4.61. The number of carbonyl (C=O) groups is 1. The third-order valence-electron chi connectivity index (χ3n) is 6.46. The number of amides is 1. The Labute approximate surface area is 214 Å². The highest BCUT2D eigenvalue weighted by Crippen LogP contribution is 2.29. The normalized spacial score (nSPS) is 14.8. The molecule has 6 heteroatoms. The van der Waals surface area contributed by atoms with Gasteiger partial charge in [0.05, 0.1) is 18.2 Å². The van der Waals surface area contributed by atoms with Gasteiger partial charge in [-0.1, -0.05) is 102 Å². The summed E-state index contributed by atoms with van der Waals surface area (Å²) < 4.78 is 28.3. The molecule has 37 heavy (non-hydrogen) atoms. The number of halogens is 2. The van der Waals surface area contributed by atoms with E-state index in [4.69, 9.17) is 4.84 Å². The maximum Gasteiger partial charge on any atom is 0.235 e. The van der Waals surface area contributed by atoms with Crippen LogP contribution in [0.5, 0.6) is 0 Å². The first-order valence-corrected chi connectivity index (χ1v) is 12.2. The van der Waals surface area contributed by atoms with Crippen LogP contribution in [0.15, 0.2) is 114 Å². The lowest BCUT2D eigenvalue weighted by atomic mass is 9.89. The molecule has 4 aromatic rings. The molecule has 0 aliphatic carbocycles. The van der Waals surface area contributed by atoms with Crippen LogP contribution in [0.3, 0.4) is 0 Å². The van der Waals surface area contributed by atoms with Crippen LogP contribution in [0.25, 0.3) is 0 Å². The molecule has 0 fully saturated rings. The van der Waals surface area contributed by atoms with E-state index in [9.17, 15) is 13.6 Å². The van der Waals surface area contributed by atoms with Gasteiger partial charge in [0, 0.05) is 24.6 Å². The summed E-state index contributed by atoms with van der Waals surface area (Å²) in [6.07, 6.45) is 0.121. The first-order valence-electron chi connectivity index (χ1n) is 12.2. The monoisotopic (exact) mass is 496 g/mol. The summed E-state index contributed by atoms with van der Waals surface area (Å²) in [4.78, 5) is 21.5. The minimum absolute atomic E-state index is 0.0261. The molecule has 1 atom stereocenters. The number of benzene rings is 4. The van der Waals surface area contributed by atoms with E-state index in [-0.39, 0.29) is 24.6 Å². The van der Waals surface area contributed by atoms with Gasteiger partial charge in [-0.15, -0.1) is 0 Å². The molecular weight excluding hydrogens is 470 g/mol. The lowest BCUT2D eigenvalue weighted by molar-refractivity contribution is -0.134. The molecule has 1 aliphatic rings. The Morgan fingerprint density at radius 2 is 1.46 bits per heavy atom. The van der Waals surface area contributed by atoms with Crippen LogP contribution in [0, 0.1) is 11.6 Å². The Morgan fingerprint density at radius 1 is 0.865 bits per heavy atom. The largest absolute Gasteiger partial charge is 0.390 e. The molecule has 1 amide bonds. The van der Waals surface area contributed by atoms with E-state index < -0.39 is 23.7 Å². The predicted molar refractivity (Wildman–Crippen MR) is 139 cm³/mol. The Balaban J connectivity index is 1.45. The summed E-state index contributed by atoms with van der Waals surface area (Å²) in [7, 11) is 0. The van der Waals surface area contributed by atoms with E-state index in [1.54, 1.807) is 4.90 Å². The van der Waals surface area contributed by atoms with Gasteiger partial charge in [-0.2, -0.15) is 0 Å². The molecule has 0 spiro atoms. The van der Waals surface area contributed by atoms with Gasteiger partial charge in [0.25, 0.3) is 0 Å². The summed E-state index contributed by atoms with van der Waals surface area (Å²) in [5.41, 5.74) is 3.65. The third-order valence-corrected chi connectivity index (χ3v) is 6.46. The van der Waals surface area contributed by atoms with Crippen molar-refractivity contribution in [3.8, 4) is 0 Å². The lowest BCUT2D eigenvalue weighted by Crippen LogP contribution is -2.40. The van der Waals surface area contributed by atoms with Crippen molar-refractivity contribution in [1.82, 2.24) is 4.90 Å². The summed E-state index contributed by atoms with van der Waals surface area (Å²) in [6.45, 7) is 0.174. The Kier molecular flexibility index (Phi) is 7.36. The Bertz CT molecular complexity index is 1340. The smallest absolute Gasteiger partial charge is 0.235 e. The molecule has 1 heterocycles. The van der Waals surface area contributed by atoms with Gasteiger partial charge in [-0.3, -0.25) is 4.79 Å².